The Morgan fingerprint density at radius 2 is 2.00 bits per heavy atom. The molecule has 1 saturated carbocycles. The van der Waals surface area contributed by atoms with E-state index in [9.17, 15) is 0 Å². The van der Waals surface area contributed by atoms with E-state index in [0.717, 1.165) is 36.2 Å². The van der Waals surface area contributed by atoms with Crippen molar-refractivity contribution >= 4 is 12.4 Å². The third kappa shape index (κ3) is 2.46. The van der Waals surface area contributed by atoms with E-state index >= 15 is 0 Å². The largest absolute Gasteiger partial charge is 0.339 e. The van der Waals surface area contributed by atoms with E-state index in [-0.39, 0.29) is 23.9 Å². The molecule has 0 aromatic carbocycles. The van der Waals surface area contributed by atoms with E-state index < -0.39 is 0 Å². The van der Waals surface area contributed by atoms with Gasteiger partial charge in [0.1, 0.15) is 0 Å². The van der Waals surface area contributed by atoms with Gasteiger partial charge in [-0.05, 0) is 40.0 Å². The summed E-state index contributed by atoms with van der Waals surface area (Å²) in [5.41, 5.74) is 9.15. The molecule has 1 unspecified atom stereocenters. The molecule has 0 bridgehead atoms. The highest BCUT2D eigenvalue weighted by atomic mass is 35.5. The molecule has 1 aliphatic carbocycles. The van der Waals surface area contributed by atoms with Gasteiger partial charge in [0.05, 0.1) is 17.2 Å². The smallest absolute Gasteiger partial charge is 0.234 e. The first kappa shape index (κ1) is 16.0. The van der Waals surface area contributed by atoms with Crippen LogP contribution < -0.4 is 5.73 Å². The maximum absolute atomic E-state index is 6.24. The lowest BCUT2D eigenvalue weighted by atomic mass is 9.77. The molecule has 0 amide bonds. The second-order valence-electron chi connectivity index (χ2n) is 5.90. The fourth-order valence-electron chi connectivity index (χ4n) is 2.93. The van der Waals surface area contributed by atoms with Crippen molar-refractivity contribution in [3.05, 3.63) is 28.7 Å². The number of hydrogen-bond donors (Lipinski definition) is 1. The van der Waals surface area contributed by atoms with Crippen LogP contribution in [-0.2, 0) is 12.6 Å². The van der Waals surface area contributed by atoms with Crippen molar-refractivity contribution in [3.63, 3.8) is 0 Å². The van der Waals surface area contributed by atoms with Crippen LogP contribution in [0.1, 0.15) is 60.8 Å². The molecule has 2 N–H and O–H groups in total. The van der Waals surface area contributed by atoms with Crippen LogP contribution in [0.3, 0.4) is 0 Å². The lowest BCUT2D eigenvalue weighted by molar-refractivity contribution is 0.228. The first-order valence-electron chi connectivity index (χ1n) is 7.05. The van der Waals surface area contributed by atoms with Crippen LogP contribution in [0.2, 0.25) is 0 Å². The molecule has 2 aromatic heterocycles. The van der Waals surface area contributed by atoms with Crippen molar-refractivity contribution in [2.24, 2.45) is 12.8 Å². The van der Waals surface area contributed by atoms with Crippen LogP contribution in [0.25, 0.3) is 0 Å². The van der Waals surface area contributed by atoms with Crippen molar-refractivity contribution in [1.82, 2.24) is 19.9 Å². The lowest BCUT2D eigenvalue weighted by Crippen LogP contribution is -2.44. The number of aromatic nitrogens is 4. The first-order valence-corrected chi connectivity index (χ1v) is 7.05. The second kappa shape index (κ2) is 5.42. The predicted molar refractivity (Wildman–Crippen MR) is 81.5 cm³/mol. The first-order chi connectivity index (χ1) is 9.42. The Morgan fingerprint density at radius 3 is 2.48 bits per heavy atom. The fraction of sp³-hybridized carbons (Fsp3) is 0.643. The Morgan fingerprint density at radius 1 is 1.33 bits per heavy atom. The van der Waals surface area contributed by atoms with Crippen molar-refractivity contribution in [2.45, 2.75) is 51.5 Å². The molecule has 3 rings (SSSR count). The number of halogens is 1. The van der Waals surface area contributed by atoms with Gasteiger partial charge in [-0.3, -0.25) is 4.68 Å². The number of nitrogens with two attached hydrogens (primary N) is 1. The van der Waals surface area contributed by atoms with Crippen LogP contribution >= 0.6 is 12.4 Å². The van der Waals surface area contributed by atoms with Gasteiger partial charge in [-0.25, -0.2) is 0 Å². The Labute approximate surface area is 130 Å². The van der Waals surface area contributed by atoms with E-state index in [1.165, 1.54) is 0 Å². The third-order valence-electron chi connectivity index (χ3n) is 4.50. The van der Waals surface area contributed by atoms with Gasteiger partial charge in [-0.2, -0.15) is 10.1 Å². The highest BCUT2D eigenvalue weighted by Crippen LogP contribution is 2.38. The predicted octanol–water partition coefficient (Wildman–Crippen LogP) is 2.33. The summed E-state index contributed by atoms with van der Waals surface area (Å²) in [6.45, 7) is 6.13. The SMILES string of the molecule is Cc1nn(C)c(C)c1C(C)c1nc(C2(N)CCC2)no1.Cl. The molecule has 0 aliphatic heterocycles. The Kier molecular flexibility index (Phi) is 4.13. The van der Waals surface area contributed by atoms with Gasteiger partial charge < -0.3 is 10.3 Å². The molecule has 1 fully saturated rings. The maximum atomic E-state index is 6.24. The molecule has 2 aromatic rings. The quantitative estimate of drug-likeness (QED) is 0.940. The van der Waals surface area contributed by atoms with Crippen LogP contribution in [0.15, 0.2) is 4.52 Å². The zero-order chi connectivity index (χ0) is 14.5. The minimum Gasteiger partial charge on any atom is -0.339 e. The van der Waals surface area contributed by atoms with Gasteiger partial charge in [0.2, 0.25) is 5.89 Å². The van der Waals surface area contributed by atoms with Crippen LogP contribution in [0.5, 0.6) is 0 Å². The van der Waals surface area contributed by atoms with E-state index in [0.29, 0.717) is 11.7 Å². The van der Waals surface area contributed by atoms with Gasteiger partial charge in [0, 0.05) is 18.3 Å². The Hall–Kier alpha value is -1.40. The van der Waals surface area contributed by atoms with Crippen LogP contribution in [-0.4, -0.2) is 19.9 Å². The summed E-state index contributed by atoms with van der Waals surface area (Å²) >= 11 is 0. The zero-order valence-electron chi connectivity index (χ0n) is 12.9. The molecule has 0 radical (unpaired) electrons. The van der Waals surface area contributed by atoms with Gasteiger partial charge in [-0.15, -0.1) is 12.4 Å². The highest BCUT2D eigenvalue weighted by molar-refractivity contribution is 5.85. The molecule has 2 heterocycles. The lowest BCUT2D eigenvalue weighted by Gasteiger charge is -2.34. The van der Waals surface area contributed by atoms with E-state index in [1.807, 2.05) is 18.7 Å². The van der Waals surface area contributed by atoms with Crippen LogP contribution in [0.4, 0.5) is 0 Å². The number of rotatable bonds is 3. The van der Waals surface area contributed by atoms with E-state index in [2.05, 4.69) is 29.1 Å². The van der Waals surface area contributed by atoms with Gasteiger partial charge in [-0.1, -0.05) is 5.16 Å². The number of hydrogen-bond acceptors (Lipinski definition) is 5. The highest BCUT2D eigenvalue weighted by Gasteiger charge is 2.39. The summed E-state index contributed by atoms with van der Waals surface area (Å²) in [4.78, 5) is 4.53. The van der Waals surface area contributed by atoms with Crippen molar-refractivity contribution in [3.8, 4) is 0 Å². The van der Waals surface area contributed by atoms with Crippen molar-refractivity contribution < 1.29 is 4.52 Å². The topological polar surface area (TPSA) is 82.8 Å². The third-order valence-corrected chi connectivity index (χ3v) is 4.50. The monoisotopic (exact) mass is 311 g/mol. The number of aryl methyl sites for hydroxylation is 2. The standard InChI is InChI=1S/C14H21N5O.ClH/c1-8(11-9(2)17-19(4)10(11)3)12-16-13(18-20-12)14(15)6-5-7-14;/h8H,5-7,15H2,1-4H3;1H. The molecule has 1 atom stereocenters. The Bertz CT molecular complexity index is 644. The average Bonchev–Trinajstić information content (AvgIpc) is 2.93. The van der Waals surface area contributed by atoms with Crippen molar-refractivity contribution in [2.75, 3.05) is 0 Å². The summed E-state index contributed by atoms with van der Waals surface area (Å²) in [5, 5.41) is 8.53. The molecule has 116 valence electrons. The van der Waals surface area contributed by atoms with Gasteiger partial charge in [0.15, 0.2) is 5.82 Å². The van der Waals surface area contributed by atoms with Crippen molar-refractivity contribution in [1.29, 1.82) is 0 Å². The number of nitrogens with zero attached hydrogens (tertiary/aromatic N) is 4. The second-order valence-corrected chi connectivity index (χ2v) is 5.90. The summed E-state index contributed by atoms with van der Waals surface area (Å²) in [6, 6.07) is 0. The van der Waals surface area contributed by atoms with Gasteiger partial charge >= 0.3 is 0 Å². The normalized spacial score (nSPS) is 18.0. The molecule has 6 nitrogen and oxygen atoms in total. The summed E-state index contributed by atoms with van der Waals surface area (Å²) in [7, 11) is 1.95. The average molecular weight is 312 g/mol. The maximum Gasteiger partial charge on any atom is 0.234 e. The van der Waals surface area contributed by atoms with E-state index in [4.69, 9.17) is 10.3 Å². The van der Waals surface area contributed by atoms with E-state index in [1.54, 1.807) is 0 Å². The molecule has 0 saturated heterocycles. The summed E-state index contributed by atoms with van der Waals surface area (Å²) < 4.78 is 7.33. The molecular formula is C14H22ClN5O. The molecule has 21 heavy (non-hydrogen) atoms. The minimum absolute atomic E-state index is 0. The molecule has 1 aliphatic rings. The zero-order valence-corrected chi connectivity index (χ0v) is 13.7. The summed E-state index contributed by atoms with van der Waals surface area (Å²) in [6.07, 6.45) is 3.01. The molecule has 7 heteroatoms. The molecular weight excluding hydrogens is 290 g/mol. The van der Waals surface area contributed by atoms with Crippen LogP contribution in [0, 0.1) is 13.8 Å². The molecule has 0 spiro atoms. The minimum atomic E-state index is -0.375. The fourth-order valence-corrected chi connectivity index (χ4v) is 2.93. The Balaban J connectivity index is 0.00000161. The van der Waals surface area contributed by atoms with Gasteiger partial charge in [0.25, 0.3) is 0 Å². The summed E-state index contributed by atoms with van der Waals surface area (Å²) in [5.74, 6) is 1.30.